The van der Waals surface area contributed by atoms with Gasteiger partial charge in [0.15, 0.2) is 5.69 Å². The van der Waals surface area contributed by atoms with Gasteiger partial charge in [-0.3, -0.25) is 4.79 Å². The van der Waals surface area contributed by atoms with Crippen molar-refractivity contribution in [2.24, 2.45) is 0 Å². The summed E-state index contributed by atoms with van der Waals surface area (Å²) in [6.45, 7) is 10.8. The second-order valence-electron chi connectivity index (χ2n) is 8.45. The minimum Gasteiger partial charge on any atom is -0.348 e. The van der Waals surface area contributed by atoms with Crippen molar-refractivity contribution in [3.63, 3.8) is 0 Å². The third kappa shape index (κ3) is 4.28. The molecule has 0 radical (unpaired) electrons. The first-order valence-electron chi connectivity index (χ1n) is 8.87. The third-order valence-corrected chi connectivity index (χ3v) is 4.65. The van der Waals surface area contributed by atoms with Crippen molar-refractivity contribution in [3.8, 4) is 5.69 Å². The van der Waals surface area contributed by atoms with E-state index in [1.807, 2.05) is 37.4 Å². The fraction of sp³-hybridized carbons (Fsp3) is 0.500. The molecule has 25 heavy (non-hydrogen) atoms. The number of nitrogens with one attached hydrogen (secondary N) is 2. The monoisotopic (exact) mass is 340 g/mol. The maximum absolute atomic E-state index is 12.6. The zero-order valence-electron chi connectivity index (χ0n) is 15.8. The molecule has 1 saturated heterocycles. The van der Waals surface area contributed by atoms with Crippen LogP contribution in [0.1, 0.15) is 56.6 Å². The van der Waals surface area contributed by atoms with E-state index in [0.29, 0.717) is 5.69 Å². The minimum atomic E-state index is -0.107. The predicted octanol–water partition coefficient (Wildman–Crippen LogP) is 3.22. The Hall–Kier alpha value is -2.14. The van der Waals surface area contributed by atoms with Crippen LogP contribution in [-0.4, -0.2) is 32.8 Å². The number of amides is 1. The maximum Gasteiger partial charge on any atom is 0.272 e. The van der Waals surface area contributed by atoms with Gasteiger partial charge in [0.2, 0.25) is 0 Å². The lowest BCUT2D eigenvalue weighted by molar-refractivity contribution is 0.0868. The van der Waals surface area contributed by atoms with Crippen LogP contribution in [0.25, 0.3) is 5.69 Å². The number of piperidine rings is 1. The average Bonchev–Trinajstić information content (AvgIpc) is 2.94. The number of carbonyl (C=O) groups is 1. The first-order chi connectivity index (χ1) is 11.6. The molecule has 0 atom stereocenters. The van der Waals surface area contributed by atoms with E-state index in [2.05, 4.69) is 43.4 Å². The Morgan fingerprint density at radius 2 is 1.72 bits per heavy atom. The molecule has 3 rings (SSSR count). The molecule has 5 heteroatoms. The van der Waals surface area contributed by atoms with Crippen LogP contribution in [0.15, 0.2) is 36.5 Å². The number of carbonyl (C=O) groups excluding carboxylic acids is 1. The van der Waals surface area contributed by atoms with E-state index in [1.165, 1.54) is 5.56 Å². The van der Waals surface area contributed by atoms with Crippen molar-refractivity contribution in [2.75, 3.05) is 0 Å². The second-order valence-corrected chi connectivity index (χ2v) is 8.45. The Morgan fingerprint density at radius 1 is 1.12 bits per heavy atom. The molecule has 2 heterocycles. The fourth-order valence-corrected chi connectivity index (χ4v) is 3.97. The summed E-state index contributed by atoms with van der Waals surface area (Å²) in [5.74, 6) is -0.107. The molecule has 2 aromatic rings. The molecule has 0 unspecified atom stereocenters. The fourth-order valence-electron chi connectivity index (χ4n) is 3.97. The summed E-state index contributed by atoms with van der Waals surface area (Å²) in [7, 11) is 0. The van der Waals surface area contributed by atoms with Gasteiger partial charge >= 0.3 is 0 Å². The van der Waals surface area contributed by atoms with E-state index in [0.717, 1.165) is 18.5 Å². The Kier molecular flexibility index (Phi) is 4.45. The number of aryl methyl sites for hydroxylation is 1. The molecule has 5 nitrogen and oxygen atoms in total. The molecule has 0 spiro atoms. The number of rotatable bonds is 3. The van der Waals surface area contributed by atoms with Gasteiger partial charge in [0, 0.05) is 23.3 Å². The molecule has 0 aliphatic carbocycles. The highest BCUT2D eigenvalue weighted by Gasteiger charge is 2.38. The van der Waals surface area contributed by atoms with Gasteiger partial charge in [-0.1, -0.05) is 17.7 Å². The smallest absolute Gasteiger partial charge is 0.272 e. The maximum atomic E-state index is 12.6. The standard InChI is InChI=1S/C20H28N4O/c1-14-6-8-16(9-7-14)24-11-10-17(22-24)18(25)21-15-12-19(2,3)23-20(4,5)13-15/h6-11,15,23H,12-13H2,1-5H3,(H,21,25). The molecule has 2 N–H and O–H groups in total. The van der Waals surface area contributed by atoms with Crippen LogP contribution in [0.2, 0.25) is 0 Å². The highest BCUT2D eigenvalue weighted by Crippen LogP contribution is 2.28. The second kappa shape index (κ2) is 6.30. The van der Waals surface area contributed by atoms with E-state index in [-0.39, 0.29) is 23.0 Å². The molecule has 0 saturated carbocycles. The summed E-state index contributed by atoms with van der Waals surface area (Å²) in [4.78, 5) is 12.6. The van der Waals surface area contributed by atoms with Crippen molar-refractivity contribution < 1.29 is 4.79 Å². The minimum absolute atomic E-state index is 0.000948. The quantitative estimate of drug-likeness (QED) is 0.902. The van der Waals surface area contributed by atoms with Gasteiger partial charge in [0.25, 0.3) is 5.91 Å². The number of nitrogens with zero attached hydrogens (tertiary/aromatic N) is 2. The molecule has 1 aliphatic heterocycles. The first-order valence-corrected chi connectivity index (χ1v) is 8.87. The zero-order valence-corrected chi connectivity index (χ0v) is 15.8. The van der Waals surface area contributed by atoms with Crippen molar-refractivity contribution in [3.05, 3.63) is 47.8 Å². The van der Waals surface area contributed by atoms with Gasteiger partial charge in [-0.2, -0.15) is 5.10 Å². The van der Waals surface area contributed by atoms with Crippen molar-refractivity contribution in [1.29, 1.82) is 0 Å². The Bertz CT molecular complexity index is 742. The normalized spacial score (nSPS) is 19.6. The molecule has 134 valence electrons. The van der Waals surface area contributed by atoms with Crippen LogP contribution in [-0.2, 0) is 0 Å². The van der Waals surface area contributed by atoms with Crippen LogP contribution >= 0.6 is 0 Å². The molecule has 1 aliphatic rings. The molecule has 0 bridgehead atoms. The van der Waals surface area contributed by atoms with Gasteiger partial charge in [0.1, 0.15) is 0 Å². The molecule has 1 amide bonds. The summed E-state index contributed by atoms with van der Waals surface area (Å²) < 4.78 is 1.74. The molecular formula is C20H28N4O. The van der Waals surface area contributed by atoms with Crippen LogP contribution in [0.4, 0.5) is 0 Å². The largest absolute Gasteiger partial charge is 0.348 e. The summed E-state index contributed by atoms with van der Waals surface area (Å²) >= 11 is 0. The molecular weight excluding hydrogens is 312 g/mol. The molecule has 1 fully saturated rings. The van der Waals surface area contributed by atoms with E-state index >= 15 is 0 Å². The van der Waals surface area contributed by atoms with Crippen LogP contribution in [0.5, 0.6) is 0 Å². The summed E-state index contributed by atoms with van der Waals surface area (Å²) in [5.41, 5.74) is 2.61. The number of hydrogen-bond donors (Lipinski definition) is 2. The summed E-state index contributed by atoms with van der Waals surface area (Å²) in [6.07, 6.45) is 3.64. The van der Waals surface area contributed by atoms with Gasteiger partial charge in [-0.15, -0.1) is 0 Å². The van der Waals surface area contributed by atoms with Crippen molar-refractivity contribution in [2.45, 2.75) is 64.6 Å². The predicted molar refractivity (Wildman–Crippen MR) is 100 cm³/mol. The first kappa shape index (κ1) is 17.7. The molecule has 1 aromatic heterocycles. The summed E-state index contributed by atoms with van der Waals surface area (Å²) in [5, 5.41) is 11.2. The van der Waals surface area contributed by atoms with Crippen molar-refractivity contribution in [1.82, 2.24) is 20.4 Å². The van der Waals surface area contributed by atoms with Gasteiger partial charge in [0.05, 0.1) is 5.69 Å². The van der Waals surface area contributed by atoms with E-state index in [1.54, 1.807) is 10.7 Å². The van der Waals surface area contributed by atoms with E-state index in [4.69, 9.17) is 0 Å². The van der Waals surface area contributed by atoms with Gasteiger partial charge in [-0.05, 0) is 65.7 Å². The van der Waals surface area contributed by atoms with Crippen LogP contribution in [0.3, 0.4) is 0 Å². The Balaban J connectivity index is 1.71. The highest BCUT2D eigenvalue weighted by molar-refractivity contribution is 5.92. The SMILES string of the molecule is Cc1ccc(-n2ccc(C(=O)NC3CC(C)(C)NC(C)(C)C3)n2)cc1. The molecule has 1 aromatic carbocycles. The van der Waals surface area contributed by atoms with Crippen LogP contribution in [0, 0.1) is 6.92 Å². The average molecular weight is 340 g/mol. The topological polar surface area (TPSA) is 59.0 Å². The lowest BCUT2D eigenvalue weighted by Gasteiger charge is -2.46. The van der Waals surface area contributed by atoms with Gasteiger partial charge in [-0.25, -0.2) is 4.68 Å². The lowest BCUT2D eigenvalue weighted by Crippen LogP contribution is -2.62. The van der Waals surface area contributed by atoms with Crippen molar-refractivity contribution >= 4 is 5.91 Å². The zero-order chi connectivity index (χ0) is 18.2. The summed E-state index contributed by atoms with van der Waals surface area (Å²) in [6, 6.07) is 9.99. The van der Waals surface area contributed by atoms with E-state index in [9.17, 15) is 4.79 Å². The number of aromatic nitrogens is 2. The van der Waals surface area contributed by atoms with E-state index < -0.39 is 0 Å². The number of hydrogen-bond acceptors (Lipinski definition) is 3. The third-order valence-electron chi connectivity index (χ3n) is 4.65. The van der Waals surface area contributed by atoms with Gasteiger partial charge < -0.3 is 10.6 Å². The Morgan fingerprint density at radius 3 is 2.32 bits per heavy atom. The lowest BCUT2D eigenvalue weighted by atomic mass is 9.79. The number of benzene rings is 1. The Labute approximate surface area is 149 Å². The highest BCUT2D eigenvalue weighted by atomic mass is 16.2. The van der Waals surface area contributed by atoms with Crippen LogP contribution < -0.4 is 10.6 Å².